The standard InChI is InChI=1S/C30H34N4O5/c1-4-38-24-15-13-23(14-16-24)34(28(36)18-17-27(35)32-26-19-21(3)39-33-26)29(25-12-8-5-9-20(25)2)30(37)31-22-10-6-7-11-22/h5,8-9,12-19,22,29H,4,6-7,10-11H2,1-3H3,(H,31,37)(H,32,33,35)/b18-17+/t29-/m0/s1. The molecule has 1 aliphatic carbocycles. The van der Waals surface area contributed by atoms with E-state index in [1.807, 2.05) is 38.1 Å². The average Bonchev–Trinajstić information content (AvgIpc) is 3.58. The minimum absolute atomic E-state index is 0.0635. The maximum atomic E-state index is 13.9. The zero-order chi connectivity index (χ0) is 27.8. The van der Waals surface area contributed by atoms with Crippen LogP contribution in [0.5, 0.6) is 5.75 Å². The Labute approximate surface area is 228 Å². The highest BCUT2D eigenvalue weighted by Crippen LogP contribution is 2.32. The molecule has 1 saturated carbocycles. The smallest absolute Gasteiger partial charge is 0.252 e. The first kappa shape index (κ1) is 27.6. The van der Waals surface area contributed by atoms with Gasteiger partial charge in [0.2, 0.25) is 11.8 Å². The van der Waals surface area contributed by atoms with Crippen LogP contribution in [0.2, 0.25) is 0 Å². The van der Waals surface area contributed by atoms with E-state index in [4.69, 9.17) is 9.26 Å². The summed E-state index contributed by atoms with van der Waals surface area (Å²) in [5, 5.41) is 9.46. The highest BCUT2D eigenvalue weighted by Gasteiger charge is 2.34. The van der Waals surface area contributed by atoms with Crippen molar-refractivity contribution in [1.82, 2.24) is 10.5 Å². The van der Waals surface area contributed by atoms with E-state index in [-0.39, 0.29) is 17.8 Å². The van der Waals surface area contributed by atoms with Gasteiger partial charge in [-0.25, -0.2) is 0 Å². The summed E-state index contributed by atoms with van der Waals surface area (Å²) in [6.45, 7) is 6.01. The lowest BCUT2D eigenvalue weighted by molar-refractivity contribution is -0.125. The summed E-state index contributed by atoms with van der Waals surface area (Å²) in [5.41, 5.74) is 2.07. The maximum Gasteiger partial charge on any atom is 0.252 e. The summed E-state index contributed by atoms with van der Waals surface area (Å²) in [4.78, 5) is 41.6. The number of ether oxygens (including phenoxy) is 1. The molecule has 1 aliphatic rings. The first-order chi connectivity index (χ1) is 18.9. The predicted molar refractivity (Wildman–Crippen MR) is 148 cm³/mol. The highest BCUT2D eigenvalue weighted by atomic mass is 16.5. The normalized spacial score (nSPS) is 14.2. The van der Waals surface area contributed by atoms with Gasteiger partial charge >= 0.3 is 0 Å². The van der Waals surface area contributed by atoms with E-state index in [1.165, 1.54) is 4.90 Å². The van der Waals surface area contributed by atoms with Gasteiger partial charge in [-0.3, -0.25) is 19.3 Å². The fourth-order valence-electron chi connectivity index (χ4n) is 4.74. The molecule has 1 aromatic heterocycles. The Balaban J connectivity index is 1.70. The van der Waals surface area contributed by atoms with Gasteiger partial charge in [0.25, 0.3) is 5.91 Å². The Morgan fingerprint density at radius 3 is 2.44 bits per heavy atom. The third-order valence-corrected chi connectivity index (χ3v) is 6.61. The van der Waals surface area contributed by atoms with Crippen molar-refractivity contribution >= 4 is 29.2 Å². The van der Waals surface area contributed by atoms with E-state index >= 15 is 0 Å². The number of hydrogen-bond donors (Lipinski definition) is 2. The molecule has 0 spiro atoms. The molecular formula is C30H34N4O5. The number of carbonyl (C=O) groups is 3. The van der Waals surface area contributed by atoms with Crippen LogP contribution >= 0.6 is 0 Å². The topological polar surface area (TPSA) is 114 Å². The van der Waals surface area contributed by atoms with Crippen molar-refractivity contribution < 1.29 is 23.6 Å². The third kappa shape index (κ3) is 7.13. The third-order valence-electron chi connectivity index (χ3n) is 6.61. The molecule has 0 bridgehead atoms. The summed E-state index contributed by atoms with van der Waals surface area (Å²) >= 11 is 0. The lowest BCUT2D eigenvalue weighted by atomic mass is 9.97. The molecule has 4 rings (SSSR count). The van der Waals surface area contributed by atoms with E-state index in [1.54, 1.807) is 37.3 Å². The second-order valence-corrected chi connectivity index (χ2v) is 9.53. The second-order valence-electron chi connectivity index (χ2n) is 9.53. The van der Waals surface area contributed by atoms with Crippen LogP contribution in [-0.4, -0.2) is 35.5 Å². The van der Waals surface area contributed by atoms with Gasteiger partial charge in [0, 0.05) is 29.9 Å². The number of aromatic nitrogens is 1. The number of benzene rings is 2. The van der Waals surface area contributed by atoms with Crippen molar-refractivity contribution in [1.29, 1.82) is 0 Å². The molecule has 1 fully saturated rings. The SMILES string of the molecule is CCOc1ccc(N(C(=O)/C=C/C(=O)Nc2cc(C)on2)[C@H](C(=O)NC2CCCC2)c2ccccc2C)cc1. The van der Waals surface area contributed by atoms with Crippen LogP contribution in [0.4, 0.5) is 11.5 Å². The Morgan fingerprint density at radius 2 is 1.79 bits per heavy atom. The largest absolute Gasteiger partial charge is 0.494 e. The van der Waals surface area contributed by atoms with Gasteiger partial charge < -0.3 is 19.9 Å². The summed E-state index contributed by atoms with van der Waals surface area (Å²) in [5.74, 6) is 0.0865. The Kier molecular flexibility index (Phi) is 9.14. The van der Waals surface area contributed by atoms with Crippen molar-refractivity contribution in [3.63, 3.8) is 0 Å². The number of aryl methyl sites for hydroxylation is 2. The number of rotatable bonds is 10. The van der Waals surface area contributed by atoms with Gasteiger partial charge in [0.1, 0.15) is 17.6 Å². The zero-order valence-electron chi connectivity index (χ0n) is 22.5. The van der Waals surface area contributed by atoms with Gasteiger partial charge in [-0.2, -0.15) is 0 Å². The molecule has 0 aliphatic heterocycles. The highest BCUT2D eigenvalue weighted by molar-refractivity contribution is 6.10. The molecule has 0 unspecified atom stereocenters. The van der Waals surface area contributed by atoms with Crippen molar-refractivity contribution in [3.8, 4) is 5.75 Å². The number of nitrogens with zero attached hydrogens (tertiary/aromatic N) is 2. The molecule has 0 saturated heterocycles. The molecule has 9 heteroatoms. The molecule has 3 amide bonds. The van der Waals surface area contributed by atoms with E-state index in [0.717, 1.165) is 43.4 Å². The number of anilines is 2. The zero-order valence-corrected chi connectivity index (χ0v) is 22.5. The first-order valence-corrected chi connectivity index (χ1v) is 13.2. The van der Waals surface area contributed by atoms with E-state index in [9.17, 15) is 14.4 Å². The van der Waals surface area contributed by atoms with Crippen molar-refractivity contribution in [3.05, 3.63) is 83.6 Å². The van der Waals surface area contributed by atoms with E-state index in [0.29, 0.717) is 29.4 Å². The first-order valence-electron chi connectivity index (χ1n) is 13.2. The molecule has 3 aromatic rings. The van der Waals surface area contributed by atoms with Crippen LogP contribution in [0, 0.1) is 13.8 Å². The average molecular weight is 531 g/mol. The van der Waals surface area contributed by atoms with Crippen LogP contribution in [0.3, 0.4) is 0 Å². The van der Waals surface area contributed by atoms with E-state index in [2.05, 4.69) is 15.8 Å². The summed E-state index contributed by atoms with van der Waals surface area (Å²) in [7, 11) is 0. The summed E-state index contributed by atoms with van der Waals surface area (Å²) in [6.07, 6.45) is 6.22. The van der Waals surface area contributed by atoms with Gasteiger partial charge in [0.15, 0.2) is 5.82 Å². The molecule has 2 N–H and O–H groups in total. The van der Waals surface area contributed by atoms with E-state index < -0.39 is 17.9 Å². The summed E-state index contributed by atoms with van der Waals surface area (Å²) < 4.78 is 10.5. The van der Waals surface area contributed by atoms with Gasteiger partial charge in [0.05, 0.1) is 6.61 Å². The van der Waals surface area contributed by atoms with Crippen LogP contribution in [-0.2, 0) is 14.4 Å². The molecular weight excluding hydrogens is 496 g/mol. The molecule has 204 valence electrons. The predicted octanol–water partition coefficient (Wildman–Crippen LogP) is 5.02. The molecule has 1 atom stereocenters. The lowest BCUT2D eigenvalue weighted by Gasteiger charge is -2.32. The maximum absolute atomic E-state index is 13.9. The second kappa shape index (κ2) is 12.9. The molecule has 9 nitrogen and oxygen atoms in total. The van der Waals surface area contributed by atoms with Gasteiger partial charge in [-0.1, -0.05) is 42.3 Å². The molecule has 1 heterocycles. The van der Waals surface area contributed by atoms with Gasteiger partial charge in [-0.05, 0) is 69.0 Å². The van der Waals surface area contributed by atoms with Crippen LogP contribution in [0.25, 0.3) is 0 Å². The molecule has 0 radical (unpaired) electrons. The number of amides is 3. The van der Waals surface area contributed by atoms with Crippen LogP contribution in [0.15, 0.2) is 71.3 Å². The van der Waals surface area contributed by atoms with Crippen molar-refractivity contribution in [2.45, 2.75) is 58.5 Å². The summed E-state index contributed by atoms with van der Waals surface area (Å²) in [6, 6.07) is 15.2. The van der Waals surface area contributed by atoms with Crippen LogP contribution in [0.1, 0.15) is 55.5 Å². The van der Waals surface area contributed by atoms with Crippen LogP contribution < -0.4 is 20.3 Å². The Morgan fingerprint density at radius 1 is 1.08 bits per heavy atom. The fraction of sp³-hybridized carbons (Fsp3) is 0.333. The number of carbonyl (C=O) groups excluding carboxylic acids is 3. The Hall–Kier alpha value is -4.40. The minimum Gasteiger partial charge on any atom is -0.494 e. The van der Waals surface area contributed by atoms with Crippen molar-refractivity contribution in [2.75, 3.05) is 16.8 Å². The van der Waals surface area contributed by atoms with Crippen molar-refractivity contribution in [2.24, 2.45) is 0 Å². The monoisotopic (exact) mass is 530 g/mol. The lowest BCUT2D eigenvalue weighted by Crippen LogP contribution is -2.46. The quantitative estimate of drug-likeness (QED) is 0.356. The number of nitrogens with one attached hydrogen (secondary N) is 2. The Bertz CT molecular complexity index is 1330. The van der Waals surface area contributed by atoms with Gasteiger partial charge in [-0.15, -0.1) is 0 Å². The molecule has 2 aromatic carbocycles. The fourth-order valence-corrected chi connectivity index (χ4v) is 4.74. The molecule has 39 heavy (non-hydrogen) atoms. The number of hydrogen-bond acceptors (Lipinski definition) is 6. The minimum atomic E-state index is -0.955.